The fourth-order valence-corrected chi connectivity index (χ4v) is 2.87. The zero-order valence-corrected chi connectivity index (χ0v) is 10.9. The number of aromatic nitrogens is 2. The van der Waals surface area contributed by atoms with Crippen LogP contribution in [0.5, 0.6) is 0 Å². The van der Waals surface area contributed by atoms with Gasteiger partial charge in [-0.3, -0.25) is 0 Å². The van der Waals surface area contributed by atoms with Gasteiger partial charge in [0, 0.05) is 23.5 Å². The molecule has 2 aromatic rings. The van der Waals surface area contributed by atoms with Crippen molar-refractivity contribution in [3.8, 4) is 0 Å². The fraction of sp³-hybridized carbons (Fsp3) is 0.429. The van der Waals surface area contributed by atoms with Crippen LogP contribution < -0.4 is 5.32 Å². The molecule has 1 fully saturated rings. The van der Waals surface area contributed by atoms with Crippen molar-refractivity contribution in [3.63, 3.8) is 0 Å². The summed E-state index contributed by atoms with van der Waals surface area (Å²) in [5.74, 6) is 1.24. The largest absolute Gasteiger partial charge is 0.354 e. The van der Waals surface area contributed by atoms with Crippen LogP contribution >= 0.6 is 11.6 Å². The van der Waals surface area contributed by atoms with Gasteiger partial charge in [0.2, 0.25) is 5.95 Å². The Morgan fingerprint density at radius 2 is 2.17 bits per heavy atom. The topological polar surface area (TPSA) is 37.8 Å². The Kier molecular flexibility index (Phi) is 3.33. The molecule has 1 aromatic heterocycles. The van der Waals surface area contributed by atoms with E-state index >= 15 is 0 Å². The van der Waals surface area contributed by atoms with Crippen molar-refractivity contribution in [2.75, 3.05) is 11.9 Å². The number of rotatable bonds is 3. The zero-order chi connectivity index (χ0) is 12.4. The van der Waals surface area contributed by atoms with E-state index in [1.807, 2.05) is 30.5 Å². The van der Waals surface area contributed by atoms with Crippen molar-refractivity contribution in [1.29, 1.82) is 0 Å². The molecule has 1 N–H and O–H groups in total. The van der Waals surface area contributed by atoms with E-state index in [2.05, 4.69) is 15.3 Å². The second-order valence-electron chi connectivity index (χ2n) is 4.84. The first-order valence-corrected chi connectivity index (χ1v) is 6.86. The van der Waals surface area contributed by atoms with E-state index in [0.717, 1.165) is 23.9 Å². The molecular formula is C14H16ClN3. The second-order valence-corrected chi connectivity index (χ2v) is 5.40. The molecule has 4 heteroatoms. The molecule has 0 saturated heterocycles. The monoisotopic (exact) mass is 261 g/mol. The van der Waals surface area contributed by atoms with Crippen LogP contribution in [-0.2, 0) is 0 Å². The number of para-hydroxylation sites is 1. The third-order valence-corrected chi connectivity index (χ3v) is 4.15. The summed E-state index contributed by atoms with van der Waals surface area (Å²) in [6.45, 7) is 0.868. The number of fused-ring (bicyclic) bond motifs is 1. The Hall–Kier alpha value is -1.35. The predicted octanol–water partition coefficient (Wildman–Crippen LogP) is 3.45. The van der Waals surface area contributed by atoms with E-state index in [9.17, 15) is 0 Å². The van der Waals surface area contributed by atoms with Crippen LogP contribution in [0.4, 0.5) is 5.95 Å². The van der Waals surface area contributed by atoms with Crippen molar-refractivity contribution < 1.29 is 0 Å². The molecule has 1 saturated carbocycles. The van der Waals surface area contributed by atoms with Crippen LogP contribution in [0.25, 0.3) is 10.9 Å². The molecule has 2 unspecified atom stereocenters. The van der Waals surface area contributed by atoms with Crippen LogP contribution in [0.1, 0.15) is 19.3 Å². The molecule has 0 radical (unpaired) electrons. The summed E-state index contributed by atoms with van der Waals surface area (Å²) in [5.41, 5.74) is 0.976. The standard InChI is InChI=1S/C14H16ClN3/c15-12-6-3-5-10(12)8-16-14-17-9-11-4-1-2-7-13(11)18-14/h1-2,4,7,9-10,12H,3,5-6,8H2,(H,16,17,18). The van der Waals surface area contributed by atoms with Crippen LogP contribution in [0.3, 0.4) is 0 Å². The third kappa shape index (κ3) is 2.41. The lowest BCUT2D eigenvalue weighted by Crippen LogP contribution is -2.19. The second kappa shape index (κ2) is 5.11. The van der Waals surface area contributed by atoms with Gasteiger partial charge in [-0.25, -0.2) is 9.97 Å². The van der Waals surface area contributed by atoms with E-state index in [1.54, 1.807) is 0 Å². The van der Waals surface area contributed by atoms with Crippen LogP contribution in [-0.4, -0.2) is 21.9 Å². The van der Waals surface area contributed by atoms with Crippen molar-refractivity contribution in [2.24, 2.45) is 5.92 Å². The first-order valence-electron chi connectivity index (χ1n) is 6.42. The van der Waals surface area contributed by atoms with Crippen LogP contribution in [0, 0.1) is 5.92 Å². The highest BCUT2D eigenvalue weighted by molar-refractivity contribution is 6.21. The van der Waals surface area contributed by atoms with Crippen molar-refractivity contribution in [2.45, 2.75) is 24.6 Å². The van der Waals surface area contributed by atoms with Gasteiger partial charge in [0.15, 0.2) is 0 Å². The number of anilines is 1. The molecule has 0 spiro atoms. The Labute approximate surface area is 112 Å². The maximum absolute atomic E-state index is 6.26. The van der Waals surface area contributed by atoms with Gasteiger partial charge in [-0.05, 0) is 24.8 Å². The van der Waals surface area contributed by atoms with E-state index < -0.39 is 0 Å². The molecule has 0 amide bonds. The Balaban J connectivity index is 1.71. The fourth-order valence-electron chi connectivity index (χ4n) is 2.50. The van der Waals surface area contributed by atoms with Gasteiger partial charge in [-0.2, -0.15) is 0 Å². The van der Waals surface area contributed by atoms with Crippen LogP contribution in [0.15, 0.2) is 30.5 Å². The summed E-state index contributed by atoms with van der Waals surface area (Å²) in [6, 6.07) is 8.01. The van der Waals surface area contributed by atoms with Gasteiger partial charge in [0.05, 0.1) is 5.52 Å². The van der Waals surface area contributed by atoms with Crippen LogP contribution in [0.2, 0.25) is 0 Å². The highest BCUT2D eigenvalue weighted by Crippen LogP contribution is 2.30. The van der Waals surface area contributed by atoms with Crippen molar-refractivity contribution in [3.05, 3.63) is 30.5 Å². The summed E-state index contributed by atoms with van der Waals surface area (Å²) in [5, 5.41) is 4.67. The molecule has 94 valence electrons. The normalized spacial score (nSPS) is 23.4. The Morgan fingerprint density at radius 3 is 3.00 bits per heavy atom. The van der Waals surface area contributed by atoms with Gasteiger partial charge in [-0.15, -0.1) is 11.6 Å². The first kappa shape index (κ1) is 11.7. The molecule has 0 bridgehead atoms. The van der Waals surface area contributed by atoms with E-state index in [4.69, 9.17) is 11.6 Å². The highest BCUT2D eigenvalue weighted by atomic mass is 35.5. The van der Waals surface area contributed by atoms with E-state index in [0.29, 0.717) is 17.2 Å². The summed E-state index contributed by atoms with van der Waals surface area (Å²) in [6.07, 6.45) is 5.43. The molecule has 1 aliphatic rings. The Bertz CT molecular complexity index is 543. The number of hydrogen-bond acceptors (Lipinski definition) is 3. The predicted molar refractivity (Wildman–Crippen MR) is 75.0 cm³/mol. The van der Waals surface area contributed by atoms with Crippen molar-refractivity contribution in [1.82, 2.24) is 9.97 Å². The summed E-state index contributed by atoms with van der Waals surface area (Å²) in [7, 11) is 0. The molecule has 3 rings (SSSR count). The van der Waals surface area contributed by atoms with Gasteiger partial charge in [0.1, 0.15) is 0 Å². The summed E-state index contributed by atoms with van der Waals surface area (Å²) < 4.78 is 0. The first-order chi connectivity index (χ1) is 8.83. The van der Waals surface area contributed by atoms with Gasteiger partial charge < -0.3 is 5.32 Å². The minimum Gasteiger partial charge on any atom is -0.354 e. The molecule has 18 heavy (non-hydrogen) atoms. The average Bonchev–Trinajstić information content (AvgIpc) is 2.82. The maximum atomic E-state index is 6.26. The van der Waals surface area contributed by atoms with E-state index in [1.165, 1.54) is 12.8 Å². The van der Waals surface area contributed by atoms with Gasteiger partial charge >= 0.3 is 0 Å². The lowest BCUT2D eigenvalue weighted by atomic mass is 10.1. The number of nitrogens with one attached hydrogen (secondary N) is 1. The minimum absolute atomic E-state index is 0.304. The summed E-state index contributed by atoms with van der Waals surface area (Å²) >= 11 is 6.26. The molecule has 1 aromatic carbocycles. The number of alkyl halides is 1. The maximum Gasteiger partial charge on any atom is 0.223 e. The molecular weight excluding hydrogens is 246 g/mol. The average molecular weight is 262 g/mol. The smallest absolute Gasteiger partial charge is 0.223 e. The highest BCUT2D eigenvalue weighted by Gasteiger charge is 2.24. The molecule has 0 aliphatic heterocycles. The lowest BCUT2D eigenvalue weighted by molar-refractivity contribution is 0.584. The number of halogens is 1. The third-order valence-electron chi connectivity index (χ3n) is 3.58. The number of nitrogens with zero attached hydrogens (tertiary/aromatic N) is 2. The zero-order valence-electron chi connectivity index (χ0n) is 10.1. The molecule has 2 atom stereocenters. The molecule has 1 heterocycles. The Morgan fingerprint density at radius 1 is 1.28 bits per heavy atom. The molecule has 3 nitrogen and oxygen atoms in total. The van der Waals surface area contributed by atoms with Crippen molar-refractivity contribution >= 4 is 28.5 Å². The lowest BCUT2D eigenvalue weighted by Gasteiger charge is -2.14. The number of benzene rings is 1. The summed E-state index contributed by atoms with van der Waals surface area (Å²) in [4.78, 5) is 8.82. The molecule has 1 aliphatic carbocycles. The SMILES string of the molecule is ClC1CCCC1CNc1ncc2ccccc2n1. The van der Waals surface area contributed by atoms with Gasteiger partial charge in [-0.1, -0.05) is 24.6 Å². The van der Waals surface area contributed by atoms with Gasteiger partial charge in [0.25, 0.3) is 0 Å². The minimum atomic E-state index is 0.304. The quantitative estimate of drug-likeness (QED) is 0.860. The number of hydrogen-bond donors (Lipinski definition) is 1. The van der Waals surface area contributed by atoms with E-state index in [-0.39, 0.29) is 0 Å².